The Morgan fingerprint density at radius 2 is 1.70 bits per heavy atom. The van der Waals surface area contributed by atoms with Gasteiger partial charge in [0.1, 0.15) is 6.54 Å². The van der Waals surface area contributed by atoms with E-state index >= 15 is 0 Å². The minimum atomic E-state index is -4.42. The number of fused-ring (bicyclic) bond motifs is 1. The number of rotatable bonds is 4. The smallest absolute Gasteiger partial charge is 0.352 e. The maximum absolute atomic E-state index is 13.3. The van der Waals surface area contributed by atoms with Crippen LogP contribution in [0.25, 0.3) is 6.08 Å². The Morgan fingerprint density at radius 1 is 1.03 bits per heavy atom. The molecule has 0 spiro atoms. The van der Waals surface area contributed by atoms with E-state index in [0.29, 0.717) is 16.2 Å². The van der Waals surface area contributed by atoms with E-state index in [1.54, 1.807) is 12.1 Å². The fraction of sp³-hybridized carbons (Fsp3) is 0.360. The molecular formula is C25H25F3N2O2S. The second-order valence-corrected chi connectivity index (χ2v) is 9.43. The summed E-state index contributed by atoms with van der Waals surface area (Å²) in [5.74, 6) is -0.541. The molecule has 0 radical (unpaired) electrons. The Bertz CT molecular complexity index is 1040. The lowest BCUT2D eigenvalue weighted by molar-refractivity contribution is -0.137. The minimum absolute atomic E-state index is 0.0999. The molecule has 1 aliphatic heterocycles. The second kappa shape index (κ2) is 10.0. The number of anilines is 1. The molecule has 1 fully saturated rings. The van der Waals surface area contributed by atoms with Gasteiger partial charge in [-0.3, -0.25) is 14.5 Å². The number of carbonyl (C=O) groups excluding carboxylic acids is 2. The van der Waals surface area contributed by atoms with Crippen molar-refractivity contribution in [2.45, 2.75) is 55.6 Å². The first-order chi connectivity index (χ1) is 15.8. The molecule has 8 heteroatoms. The summed E-state index contributed by atoms with van der Waals surface area (Å²) in [5, 5.41) is 3.08. The summed E-state index contributed by atoms with van der Waals surface area (Å²) < 4.78 is 38.6. The SMILES string of the molecule is O=C(CN1C(=O)C(=Cc2ccc(C(F)(F)F)cc2)Sc2ccccc21)NC1CCCCCC1. The van der Waals surface area contributed by atoms with Gasteiger partial charge in [0.15, 0.2) is 0 Å². The molecule has 2 aromatic carbocycles. The van der Waals surface area contributed by atoms with Crippen LogP contribution in [0.1, 0.15) is 49.7 Å². The molecule has 0 unspecified atom stereocenters. The molecule has 33 heavy (non-hydrogen) atoms. The highest BCUT2D eigenvalue weighted by molar-refractivity contribution is 8.04. The Morgan fingerprint density at radius 3 is 2.36 bits per heavy atom. The lowest BCUT2D eigenvalue weighted by Gasteiger charge is -2.30. The number of benzene rings is 2. The van der Waals surface area contributed by atoms with E-state index in [2.05, 4.69) is 5.32 Å². The summed E-state index contributed by atoms with van der Waals surface area (Å²) >= 11 is 1.25. The summed E-state index contributed by atoms with van der Waals surface area (Å²) in [6.45, 7) is -0.0999. The molecule has 0 saturated heterocycles. The number of para-hydroxylation sites is 1. The number of hydrogen-bond acceptors (Lipinski definition) is 3. The molecule has 2 aromatic rings. The Balaban J connectivity index is 1.55. The predicted octanol–water partition coefficient (Wildman–Crippen LogP) is 6.02. The average Bonchev–Trinajstić information content (AvgIpc) is 3.05. The van der Waals surface area contributed by atoms with Gasteiger partial charge in [0.25, 0.3) is 5.91 Å². The highest BCUT2D eigenvalue weighted by Crippen LogP contribution is 2.42. The Hall–Kier alpha value is -2.74. The molecule has 4 nitrogen and oxygen atoms in total. The molecule has 4 rings (SSSR count). The standard InChI is InChI=1S/C25H25F3N2O2S/c26-25(27,28)18-13-11-17(12-14-18)15-22-24(32)30(20-9-5-6-10-21(20)33-22)16-23(31)29-19-7-3-1-2-4-8-19/h5-6,9-15,19H,1-4,7-8,16H2,(H,29,31). The van der Waals surface area contributed by atoms with Crippen LogP contribution in [0, 0.1) is 0 Å². The van der Waals surface area contributed by atoms with Gasteiger partial charge in [-0.25, -0.2) is 0 Å². The van der Waals surface area contributed by atoms with Gasteiger partial charge in [0.2, 0.25) is 5.91 Å². The van der Waals surface area contributed by atoms with E-state index in [1.807, 2.05) is 18.2 Å². The molecule has 1 saturated carbocycles. The van der Waals surface area contributed by atoms with E-state index in [4.69, 9.17) is 0 Å². The number of nitrogens with zero attached hydrogens (tertiary/aromatic N) is 1. The van der Waals surface area contributed by atoms with E-state index in [0.717, 1.165) is 42.7 Å². The van der Waals surface area contributed by atoms with Gasteiger partial charge in [-0.1, -0.05) is 61.7 Å². The number of thioether (sulfide) groups is 1. The summed E-state index contributed by atoms with van der Waals surface area (Å²) in [6, 6.07) is 12.1. The van der Waals surface area contributed by atoms with E-state index < -0.39 is 11.7 Å². The summed E-state index contributed by atoms with van der Waals surface area (Å²) in [7, 11) is 0. The number of nitrogens with one attached hydrogen (secondary N) is 1. The monoisotopic (exact) mass is 474 g/mol. The summed E-state index contributed by atoms with van der Waals surface area (Å²) in [6.07, 6.45) is 3.59. The van der Waals surface area contributed by atoms with E-state index in [-0.39, 0.29) is 24.4 Å². The van der Waals surface area contributed by atoms with Crippen molar-refractivity contribution in [2.24, 2.45) is 0 Å². The van der Waals surface area contributed by atoms with Gasteiger partial charge in [-0.05, 0) is 48.7 Å². The van der Waals surface area contributed by atoms with Gasteiger partial charge in [-0.2, -0.15) is 13.2 Å². The molecule has 0 bridgehead atoms. The third-order valence-corrected chi connectivity index (χ3v) is 6.97. The third-order valence-electron chi connectivity index (χ3n) is 5.89. The van der Waals surface area contributed by atoms with Crippen LogP contribution >= 0.6 is 11.8 Å². The Labute approximate surface area is 195 Å². The zero-order valence-corrected chi connectivity index (χ0v) is 18.8. The van der Waals surface area contributed by atoms with Crippen molar-refractivity contribution in [2.75, 3.05) is 11.4 Å². The van der Waals surface area contributed by atoms with Crippen LogP contribution in [-0.4, -0.2) is 24.4 Å². The van der Waals surface area contributed by atoms with Gasteiger partial charge in [-0.15, -0.1) is 0 Å². The van der Waals surface area contributed by atoms with E-state index in [9.17, 15) is 22.8 Å². The highest BCUT2D eigenvalue weighted by Gasteiger charge is 2.32. The zero-order chi connectivity index (χ0) is 23.4. The molecule has 1 heterocycles. The van der Waals surface area contributed by atoms with Crippen molar-refractivity contribution in [3.05, 3.63) is 64.6 Å². The molecule has 2 aliphatic rings. The number of amides is 2. The van der Waals surface area contributed by atoms with Crippen molar-refractivity contribution in [1.29, 1.82) is 0 Å². The minimum Gasteiger partial charge on any atom is -0.352 e. The second-order valence-electron chi connectivity index (χ2n) is 8.35. The lowest BCUT2D eigenvalue weighted by atomic mass is 10.1. The Kier molecular flexibility index (Phi) is 7.12. The molecule has 1 N–H and O–H groups in total. The van der Waals surface area contributed by atoms with Crippen molar-refractivity contribution in [1.82, 2.24) is 5.32 Å². The maximum atomic E-state index is 13.3. The molecule has 1 aliphatic carbocycles. The molecule has 0 atom stereocenters. The molecule has 0 aromatic heterocycles. The molecule has 174 valence electrons. The zero-order valence-electron chi connectivity index (χ0n) is 18.0. The van der Waals surface area contributed by atoms with Gasteiger partial charge in [0, 0.05) is 10.9 Å². The fourth-order valence-electron chi connectivity index (χ4n) is 4.18. The van der Waals surface area contributed by atoms with Gasteiger partial charge >= 0.3 is 6.18 Å². The third kappa shape index (κ3) is 5.79. The first-order valence-electron chi connectivity index (χ1n) is 11.1. The number of halogens is 3. The normalized spacial score (nSPS) is 18.7. The maximum Gasteiger partial charge on any atom is 0.416 e. The van der Waals surface area contributed by atoms with Crippen LogP contribution in [0.2, 0.25) is 0 Å². The number of hydrogen-bond donors (Lipinski definition) is 1. The quantitative estimate of drug-likeness (QED) is 0.435. The fourth-order valence-corrected chi connectivity index (χ4v) is 5.24. The van der Waals surface area contributed by atoms with Crippen LogP contribution in [0.5, 0.6) is 0 Å². The number of alkyl halides is 3. The topological polar surface area (TPSA) is 49.4 Å². The van der Waals surface area contributed by atoms with Crippen molar-refractivity contribution < 1.29 is 22.8 Å². The summed E-state index contributed by atoms with van der Waals surface area (Å²) in [4.78, 5) is 28.7. The largest absolute Gasteiger partial charge is 0.416 e. The van der Waals surface area contributed by atoms with Gasteiger partial charge in [0.05, 0.1) is 16.2 Å². The van der Waals surface area contributed by atoms with Crippen molar-refractivity contribution >= 4 is 35.3 Å². The first kappa shape index (κ1) is 23.4. The van der Waals surface area contributed by atoms with Gasteiger partial charge < -0.3 is 5.32 Å². The van der Waals surface area contributed by atoms with Crippen LogP contribution in [0.3, 0.4) is 0 Å². The molecular weight excluding hydrogens is 449 g/mol. The average molecular weight is 475 g/mol. The van der Waals surface area contributed by atoms with E-state index in [1.165, 1.54) is 41.6 Å². The van der Waals surface area contributed by atoms with Crippen LogP contribution in [0.15, 0.2) is 58.3 Å². The summed E-state index contributed by atoms with van der Waals surface area (Å²) in [5.41, 5.74) is 0.406. The first-order valence-corrected chi connectivity index (χ1v) is 11.9. The highest BCUT2D eigenvalue weighted by atomic mass is 32.2. The number of carbonyl (C=O) groups is 2. The van der Waals surface area contributed by atoms with Crippen molar-refractivity contribution in [3.63, 3.8) is 0 Å². The molecule has 2 amide bonds. The lowest BCUT2D eigenvalue weighted by Crippen LogP contribution is -2.45. The van der Waals surface area contributed by atoms with Crippen LogP contribution < -0.4 is 10.2 Å². The van der Waals surface area contributed by atoms with Crippen molar-refractivity contribution in [3.8, 4) is 0 Å². The van der Waals surface area contributed by atoms with Crippen LogP contribution in [0.4, 0.5) is 18.9 Å². The predicted molar refractivity (Wildman–Crippen MR) is 124 cm³/mol. The van der Waals surface area contributed by atoms with Crippen LogP contribution in [-0.2, 0) is 15.8 Å².